The highest BCUT2D eigenvalue weighted by atomic mass is 31.2. The quantitative estimate of drug-likeness (QED) is 0.0238. The van der Waals surface area contributed by atoms with E-state index in [1.807, 2.05) is 0 Å². The maximum atomic E-state index is 12.6. The first-order valence-electron chi connectivity index (χ1n) is 20.7. The van der Waals surface area contributed by atoms with Gasteiger partial charge in [0.25, 0.3) is 0 Å². The third-order valence-corrected chi connectivity index (χ3v) is 9.57. The lowest BCUT2D eigenvalue weighted by Gasteiger charge is -2.20. The topological polar surface area (TPSA) is 155 Å². The number of carboxylic acid groups (broad SMARTS) is 1. The molecule has 4 N–H and O–H groups in total. The van der Waals surface area contributed by atoms with Gasteiger partial charge in [0.2, 0.25) is 0 Å². The Morgan fingerprint density at radius 1 is 0.623 bits per heavy atom. The van der Waals surface area contributed by atoms with Gasteiger partial charge in [-0.15, -0.1) is 0 Å². The molecular weight excluding hydrogens is 693 g/mol. The van der Waals surface area contributed by atoms with E-state index in [2.05, 4.69) is 62.5 Å². The Balaban J connectivity index is 4.32. The van der Waals surface area contributed by atoms with Gasteiger partial charge in [-0.05, 0) is 51.4 Å². The summed E-state index contributed by atoms with van der Waals surface area (Å²) in [5.74, 6) is -1.79. The summed E-state index contributed by atoms with van der Waals surface area (Å²) in [7, 11) is -4.62. The fraction of sp³-hybridized carbons (Fsp3) is 0.762. The molecule has 3 atom stereocenters. The summed E-state index contributed by atoms with van der Waals surface area (Å²) in [5.41, 5.74) is 5.34. The van der Waals surface area contributed by atoms with E-state index >= 15 is 0 Å². The molecule has 53 heavy (non-hydrogen) atoms. The number of ether oxygens (including phenoxy) is 2. The van der Waals surface area contributed by atoms with Crippen molar-refractivity contribution in [2.24, 2.45) is 5.73 Å². The lowest BCUT2D eigenvalue weighted by atomic mass is 10.0. The zero-order chi connectivity index (χ0) is 39.1. The van der Waals surface area contributed by atoms with Crippen molar-refractivity contribution >= 4 is 19.8 Å². The van der Waals surface area contributed by atoms with Crippen LogP contribution in [0.1, 0.15) is 168 Å². The molecule has 0 heterocycles. The van der Waals surface area contributed by atoms with Gasteiger partial charge in [0.1, 0.15) is 12.1 Å². The van der Waals surface area contributed by atoms with Crippen molar-refractivity contribution in [1.82, 2.24) is 0 Å². The maximum Gasteiger partial charge on any atom is 0.472 e. The Labute approximate surface area is 322 Å². The van der Waals surface area contributed by atoms with Crippen LogP contribution in [0.3, 0.4) is 0 Å². The van der Waals surface area contributed by atoms with Gasteiger partial charge in [0.05, 0.1) is 19.8 Å². The summed E-state index contributed by atoms with van der Waals surface area (Å²) in [5, 5.41) is 8.88. The average Bonchev–Trinajstić information content (AvgIpc) is 3.13. The SMILES string of the molecule is CC/C=C\C/C=C\C/C=C\C/C=C\CCCCCOCC(COP(=O)(O)OCC(N)C(=O)O)OC(=O)CCCCCCCCCCCCCCCCC. The smallest absolute Gasteiger partial charge is 0.472 e. The highest BCUT2D eigenvalue weighted by Gasteiger charge is 2.27. The summed E-state index contributed by atoms with van der Waals surface area (Å²) in [4.78, 5) is 33.5. The van der Waals surface area contributed by atoms with Gasteiger partial charge in [-0.25, -0.2) is 4.57 Å². The van der Waals surface area contributed by atoms with Crippen molar-refractivity contribution in [2.75, 3.05) is 26.4 Å². The molecule has 0 fully saturated rings. The predicted octanol–water partition coefficient (Wildman–Crippen LogP) is 11.1. The van der Waals surface area contributed by atoms with E-state index in [9.17, 15) is 19.0 Å². The van der Waals surface area contributed by atoms with Gasteiger partial charge in [-0.1, -0.05) is 159 Å². The molecule has 0 saturated carbocycles. The summed E-state index contributed by atoms with van der Waals surface area (Å²) in [6.45, 7) is 3.69. The number of aliphatic carboxylic acids is 1. The largest absolute Gasteiger partial charge is 0.480 e. The number of allylic oxidation sites excluding steroid dienone is 8. The molecule has 0 spiro atoms. The highest BCUT2D eigenvalue weighted by molar-refractivity contribution is 7.47. The molecule has 0 aromatic carbocycles. The number of rotatable bonds is 39. The van der Waals surface area contributed by atoms with Crippen LogP contribution in [0.2, 0.25) is 0 Å². The molecule has 0 aromatic rings. The molecule has 10 nitrogen and oxygen atoms in total. The van der Waals surface area contributed by atoms with Gasteiger partial charge >= 0.3 is 19.8 Å². The lowest BCUT2D eigenvalue weighted by molar-refractivity contribution is -0.154. The van der Waals surface area contributed by atoms with Gasteiger partial charge in [-0.3, -0.25) is 18.6 Å². The molecule has 0 aliphatic rings. The van der Waals surface area contributed by atoms with Crippen molar-refractivity contribution in [3.05, 3.63) is 48.6 Å². The maximum absolute atomic E-state index is 12.6. The number of hydrogen-bond donors (Lipinski definition) is 3. The number of carbonyl (C=O) groups is 2. The van der Waals surface area contributed by atoms with Crippen LogP contribution in [0.25, 0.3) is 0 Å². The molecule has 0 radical (unpaired) electrons. The van der Waals surface area contributed by atoms with E-state index in [4.69, 9.17) is 29.4 Å². The Hall–Kier alpha value is -2.07. The first-order chi connectivity index (χ1) is 25.7. The average molecular weight is 770 g/mol. The standard InChI is InChI=1S/C42H76NO9P/c1-3-5-7-9-11-13-15-17-19-21-23-25-27-29-31-33-35-49-36-39(37-50-53(47,48)51-38-40(43)42(45)46)52-41(44)34-32-30-28-26-24-22-20-18-16-14-12-10-8-6-4-2/h5,7,11,13,17,19,23,25,39-40H,3-4,6,8-10,12,14-16,18,20-22,24,26-38,43H2,1-2H3,(H,45,46)(H,47,48)/b7-5-,13-11-,19-17-,25-23-. The summed E-state index contributed by atoms with van der Waals surface area (Å²) in [6.07, 6.45) is 43.1. The molecule has 0 aliphatic heterocycles. The van der Waals surface area contributed by atoms with Crippen LogP contribution in [0.15, 0.2) is 48.6 Å². The van der Waals surface area contributed by atoms with Gasteiger partial charge in [0.15, 0.2) is 0 Å². The van der Waals surface area contributed by atoms with Crippen molar-refractivity contribution < 1.29 is 42.7 Å². The fourth-order valence-corrected chi connectivity index (χ4v) is 6.20. The molecular formula is C42H76NO9P. The van der Waals surface area contributed by atoms with Crippen LogP contribution in [0, 0.1) is 0 Å². The second kappa shape index (κ2) is 38.2. The minimum absolute atomic E-state index is 0.00387. The molecule has 0 aliphatic carbocycles. The van der Waals surface area contributed by atoms with E-state index in [1.54, 1.807) is 0 Å². The number of hydrogen-bond acceptors (Lipinski definition) is 8. The zero-order valence-corrected chi connectivity index (χ0v) is 34.2. The van der Waals surface area contributed by atoms with E-state index in [-0.39, 0.29) is 13.0 Å². The van der Waals surface area contributed by atoms with E-state index in [1.165, 1.54) is 70.6 Å². The van der Waals surface area contributed by atoms with E-state index < -0.39 is 45.1 Å². The number of esters is 1. The number of unbranched alkanes of at least 4 members (excludes halogenated alkanes) is 17. The van der Waals surface area contributed by atoms with Crippen LogP contribution in [-0.2, 0) is 32.7 Å². The van der Waals surface area contributed by atoms with Gasteiger partial charge in [0, 0.05) is 13.0 Å². The third-order valence-electron chi connectivity index (χ3n) is 8.62. The van der Waals surface area contributed by atoms with Crippen LogP contribution < -0.4 is 5.73 Å². The van der Waals surface area contributed by atoms with E-state index in [0.29, 0.717) is 13.0 Å². The number of carbonyl (C=O) groups excluding carboxylic acids is 1. The normalized spacial score (nSPS) is 14.5. The number of phosphoric ester groups is 1. The van der Waals surface area contributed by atoms with Crippen molar-refractivity contribution in [3.63, 3.8) is 0 Å². The minimum atomic E-state index is -4.62. The van der Waals surface area contributed by atoms with Crippen molar-refractivity contribution in [3.8, 4) is 0 Å². The molecule has 11 heteroatoms. The monoisotopic (exact) mass is 770 g/mol. The Kier molecular flexibility index (Phi) is 36.7. The molecule has 0 bridgehead atoms. The number of phosphoric acid groups is 1. The van der Waals surface area contributed by atoms with Crippen LogP contribution in [0.4, 0.5) is 0 Å². The van der Waals surface area contributed by atoms with Crippen molar-refractivity contribution in [2.45, 2.75) is 180 Å². The second-order valence-electron chi connectivity index (χ2n) is 13.7. The van der Waals surface area contributed by atoms with Crippen LogP contribution in [-0.4, -0.2) is 60.5 Å². The highest BCUT2D eigenvalue weighted by Crippen LogP contribution is 2.43. The molecule has 308 valence electrons. The van der Waals surface area contributed by atoms with Crippen LogP contribution in [0.5, 0.6) is 0 Å². The molecule has 0 amide bonds. The minimum Gasteiger partial charge on any atom is -0.480 e. The van der Waals surface area contributed by atoms with Gasteiger partial charge < -0.3 is 25.2 Å². The molecule has 0 saturated heterocycles. The summed E-state index contributed by atoms with van der Waals surface area (Å²) >= 11 is 0. The van der Waals surface area contributed by atoms with Crippen LogP contribution >= 0.6 is 7.82 Å². The number of nitrogens with two attached hydrogens (primary N) is 1. The zero-order valence-electron chi connectivity index (χ0n) is 33.3. The fourth-order valence-electron chi connectivity index (χ4n) is 5.42. The first kappa shape index (κ1) is 50.9. The predicted molar refractivity (Wildman–Crippen MR) is 217 cm³/mol. The Morgan fingerprint density at radius 2 is 1.09 bits per heavy atom. The van der Waals surface area contributed by atoms with Gasteiger partial charge in [-0.2, -0.15) is 0 Å². The summed E-state index contributed by atoms with van der Waals surface area (Å²) < 4.78 is 33.3. The lowest BCUT2D eigenvalue weighted by Crippen LogP contribution is -2.34. The third kappa shape index (κ3) is 38.0. The second-order valence-corrected chi connectivity index (χ2v) is 15.2. The summed E-state index contributed by atoms with van der Waals surface area (Å²) in [6, 6.07) is -1.48. The molecule has 3 unspecified atom stereocenters. The Bertz CT molecular complexity index is 1030. The molecule has 0 rings (SSSR count). The number of carboxylic acids is 1. The Morgan fingerprint density at radius 3 is 1.62 bits per heavy atom. The van der Waals surface area contributed by atoms with Crippen molar-refractivity contribution in [1.29, 1.82) is 0 Å². The first-order valence-corrected chi connectivity index (χ1v) is 22.2. The molecule has 0 aromatic heterocycles. The van der Waals surface area contributed by atoms with E-state index in [0.717, 1.165) is 70.6 Å².